The quantitative estimate of drug-likeness (QED) is 0.250. The second kappa shape index (κ2) is 10.4. The first-order chi connectivity index (χ1) is 19.1. The Morgan fingerprint density at radius 1 is 1.02 bits per heavy atom. The number of fused-ring (bicyclic) bond motifs is 1. The van der Waals surface area contributed by atoms with Gasteiger partial charge in [-0.05, 0) is 60.5 Å². The van der Waals surface area contributed by atoms with E-state index in [1.165, 1.54) is 47.2 Å². The summed E-state index contributed by atoms with van der Waals surface area (Å²) in [6.07, 6.45) is 2.07. The Morgan fingerprint density at radius 3 is 2.52 bits per heavy atom. The summed E-state index contributed by atoms with van der Waals surface area (Å²) in [5.41, 5.74) is 6.92. The highest BCUT2D eigenvalue weighted by atomic mass is 32.2. The Hall–Kier alpha value is -4.77. The summed E-state index contributed by atoms with van der Waals surface area (Å²) in [6, 6.07) is 16.9. The number of aromatic nitrogens is 2. The first-order valence-electron chi connectivity index (χ1n) is 12.3. The highest BCUT2D eigenvalue weighted by Crippen LogP contribution is 2.35. The van der Waals surface area contributed by atoms with Gasteiger partial charge >= 0.3 is 0 Å². The van der Waals surface area contributed by atoms with Gasteiger partial charge < -0.3 is 15.3 Å². The van der Waals surface area contributed by atoms with E-state index in [1.54, 1.807) is 18.2 Å². The van der Waals surface area contributed by atoms with Crippen molar-refractivity contribution in [3.05, 3.63) is 118 Å². The number of aromatic amines is 1. The molecule has 5 rings (SSSR count). The van der Waals surface area contributed by atoms with Crippen molar-refractivity contribution in [3.8, 4) is 11.1 Å². The third-order valence-electron chi connectivity index (χ3n) is 6.58. The van der Waals surface area contributed by atoms with Crippen LogP contribution >= 0.6 is 0 Å². The Balaban J connectivity index is 1.79. The predicted octanol–water partition coefficient (Wildman–Crippen LogP) is 4.59. The maximum Gasteiger partial charge on any atom is 0.282 e. The van der Waals surface area contributed by atoms with Gasteiger partial charge in [0.2, 0.25) is 0 Å². The van der Waals surface area contributed by atoms with Crippen LogP contribution in [0.5, 0.6) is 0 Å². The Morgan fingerprint density at radius 2 is 1.82 bits per heavy atom. The summed E-state index contributed by atoms with van der Waals surface area (Å²) in [7, 11) is -4.40. The summed E-state index contributed by atoms with van der Waals surface area (Å²) >= 11 is 0. The highest BCUT2D eigenvalue weighted by molar-refractivity contribution is 7.90. The van der Waals surface area contributed by atoms with E-state index < -0.39 is 33.1 Å². The molecule has 0 fully saturated rings. The lowest BCUT2D eigenvalue weighted by molar-refractivity contribution is 0.0974. The fourth-order valence-electron chi connectivity index (χ4n) is 4.64. The minimum absolute atomic E-state index is 0.0547. The highest BCUT2D eigenvalue weighted by Gasteiger charge is 2.29. The number of benzene rings is 3. The largest absolute Gasteiger partial charge is 0.399 e. The van der Waals surface area contributed by atoms with Gasteiger partial charge in [0.1, 0.15) is 17.3 Å². The van der Waals surface area contributed by atoms with Crippen LogP contribution in [-0.4, -0.2) is 23.9 Å². The number of pyridine rings is 1. The van der Waals surface area contributed by atoms with Crippen molar-refractivity contribution in [2.75, 3.05) is 5.73 Å². The van der Waals surface area contributed by atoms with Crippen LogP contribution in [0.4, 0.5) is 14.5 Å². The number of rotatable bonds is 7. The van der Waals surface area contributed by atoms with E-state index in [4.69, 9.17) is 5.73 Å². The molecule has 0 bridgehead atoms. The van der Waals surface area contributed by atoms with Crippen LogP contribution in [0.3, 0.4) is 0 Å². The summed E-state index contributed by atoms with van der Waals surface area (Å²) in [4.78, 5) is 29.2. The summed E-state index contributed by atoms with van der Waals surface area (Å²) in [5.74, 6) is -2.66. The fourth-order valence-corrected chi connectivity index (χ4v) is 5.65. The van der Waals surface area contributed by atoms with E-state index in [0.29, 0.717) is 17.3 Å². The number of nitrogens with two attached hydrogens (primary N) is 1. The second-order valence-electron chi connectivity index (χ2n) is 9.17. The van der Waals surface area contributed by atoms with Crippen molar-refractivity contribution in [2.45, 2.75) is 24.8 Å². The molecular formula is C29H24F2N4O4S. The van der Waals surface area contributed by atoms with Gasteiger partial charge in [0.15, 0.2) is 0 Å². The topological polar surface area (TPSA) is 127 Å². The van der Waals surface area contributed by atoms with Crippen LogP contribution in [-0.2, 0) is 23.0 Å². The van der Waals surface area contributed by atoms with Crippen LogP contribution in [0.1, 0.15) is 28.5 Å². The number of carbonyl (C=O) groups excluding carboxylic acids is 1. The van der Waals surface area contributed by atoms with E-state index in [0.717, 1.165) is 17.7 Å². The number of nitrogen functional groups attached to an aromatic ring is 1. The van der Waals surface area contributed by atoms with Gasteiger partial charge in [-0.1, -0.05) is 25.1 Å². The van der Waals surface area contributed by atoms with Crippen molar-refractivity contribution in [2.24, 2.45) is 0 Å². The molecule has 0 saturated heterocycles. The molecule has 0 unspecified atom stereocenters. The van der Waals surface area contributed by atoms with Gasteiger partial charge in [0.05, 0.1) is 11.4 Å². The lowest BCUT2D eigenvalue weighted by Gasteiger charge is -2.14. The Kier molecular flexibility index (Phi) is 6.99. The molecule has 5 aromatic rings. The standard InChI is InChI=1S/C29H24F2N4O4S/c1-2-17-8-11-25-23(13-17)26(22-7-4-12-33-28(22)36)27(35(25)16-18-9-10-19(30)14-24(18)31)29(37)34-40(38,39)21-6-3-5-20(32)15-21/h3-15H,2,16,32H2,1H3,(H,33,36)(H,34,37). The van der Waals surface area contributed by atoms with Gasteiger partial charge in [-0.3, -0.25) is 9.59 Å². The maximum atomic E-state index is 14.8. The lowest BCUT2D eigenvalue weighted by atomic mass is 10.0. The van der Waals surface area contributed by atoms with E-state index in [-0.39, 0.29) is 39.5 Å². The SMILES string of the molecule is CCc1ccc2c(c1)c(-c1ccc[nH]c1=O)c(C(=O)NS(=O)(=O)c1cccc(N)c1)n2Cc1ccc(F)cc1F. The van der Waals surface area contributed by atoms with Gasteiger partial charge in [-0.2, -0.15) is 0 Å². The smallest absolute Gasteiger partial charge is 0.282 e. The lowest BCUT2D eigenvalue weighted by Crippen LogP contribution is -2.33. The van der Waals surface area contributed by atoms with Crippen LogP contribution in [0, 0.1) is 11.6 Å². The molecule has 0 saturated carbocycles. The third-order valence-corrected chi connectivity index (χ3v) is 7.91. The second-order valence-corrected chi connectivity index (χ2v) is 10.9. The van der Waals surface area contributed by atoms with Crippen LogP contribution in [0.15, 0.2) is 88.7 Å². The number of anilines is 1. The number of hydrogen-bond acceptors (Lipinski definition) is 5. The molecule has 40 heavy (non-hydrogen) atoms. The number of nitrogens with zero attached hydrogens (tertiary/aromatic N) is 1. The van der Waals surface area contributed by atoms with Crippen molar-refractivity contribution in [1.82, 2.24) is 14.3 Å². The molecule has 1 amide bonds. The van der Waals surface area contributed by atoms with Crippen molar-refractivity contribution < 1.29 is 22.0 Å². The average Bonchev–Trinajstić information content (AvgIpc) is 3.23. The molecule has 3 aromatic carbocycles. The molecule has 4 N–H and O–H groups in total. The molecule has 11 heteroatoms. The predicted molar refractivity (Wildman–Crippen MR) is 148 cm³/mol. The first kappa shape index (κ1) is 26.8. The van der Waals surface area contributed by atoms with Gasteiger partial charge in [-0.15, -0.1) is 0 Å². The molecule has 204 valence electrons. The van der Waals surface area contributed by atoms with Crippen LogP contribution in [0.2, 0.25) is 0 Å². The molecule has 0 aliphatic heterocycles. The number of nitrogens with one attached hydrogen (secondary N) is 2. The van der Waals surface area contributed by atoms with E-state index in [1.807, 2.05) is 13.0 Å². The number of halogens is 2. The minimum atomic E-state index is -4.40. The van der Waals surface area contributed by atoms with E-state index in [2.05, 4.69) is 9.71 Å². The number of carbonyl (C=O) groups is 1. The molecule has 0 radical (unpaired) electrons. The monoisotopic (exact) mass is 562 g/mol. The Labute approximate surface area is 228 Å². The first-order valence-corrected chi connectivity index (χ1v) is 13.8. The average molecular weight is 563 g/mol. The van der Waals surface area contributed by atoms with Gasteiger partial charge in [0, 0.05) is 45.5 Å². The molecule has 0 aliphatic rings. The van der Waals surface area contributed by atoms with Crippen molar-refractivity contribution in [3.63, 3.8) is 0 Å². The zero-order chi connectivity index (χ0) is 28.6. The number of H-pyrrole nitrogens is 1. The van der Waals surface area contributed by atoms with Crippen molar-refractivity contribution in [1.29, 1.82) is 0 Å². The molecule has 0 spiro atoms. The summed E-state index contributed by atoms with van der Waals surface area (Å²) < 4.78 is 58.3. The molecule has 0 aliphatic carbocycles. The van der Waals surface area contributed by atoms with E-state index in [9.17, 15) is 26.8 Å². The van der Waals surface area contributed by atoms with E-state index >= 15 is 0 Å². The number of hydrogen-bond donors (Lipinski definition) is 3. The third kappa shape index (κ3) is 4.98. The minimum Gasteiger partial charge on any atom is -0.399 e. The van der Waals surface area contributed by atoms with Gasteiger partial charge in [0.25, 0.3) is 21.5 Å². The zero-order valence-corrected chi connectivity index (χ0v) is 22.1. The van der Waals surface area contributed by atoms with Crippen LogP contribution < -0.4 is 16.0 Å². The number of aryl methyl sites for hydroxylation is 1. The van der Waals surface area contributed by atoms with Gasteiger partial charge in [-0.25, -0.2) is 21.9 Å². The van der Waals surface area contributed by atoms with Crippen molar-refractivity contribution >= 4 is 32.5 Å². The summed E-state index contributed by atoms with van der Waals surface area (Å²) in [5, 5.41) is 0.491. The zero-order valence-electron chi connectivity index (χ0n) is 21.2. The number of amides is 1. The summed E-state index contributed by atoms with van der Waals surface area (Å²) in [6.45, 7) is 1.69. The number of sulfonamides is 1. The van der Waals surface area contributed by atoms with Crippen LogP contribution in [0.25, 0.3) is 22.0 Å². The molecule has 8 nitrogen and oxygen atoms in total. The molecule has 2 aromatic heterocycles. The molecule has 2 heterocycles. The molecular weight excluding hydrogens is 538 g/mol. The normalized spacial score (nSPS) is 11.6. The molecule has 0 atom stereocenters. The Bertz CT molecular complexity index is 1950. The fraction of sp³-hybridized carbons (Fsp3) is 0.103. The maximum absolute atomic E-state index is 14.8.